The van der Waals surface area contributed by atoms with Gasteiger partial charge < -0.3 is 14.1 Å². The number of nitrogens with zero attached hydrogens (tertiary/aromatic N) is 3. The van der Waals surface area contributed by atoms with E-state index in [1.807, 2.05) is 37.3 Å². The first kappa shape index (κ1) is 20.2. The highest BCUT2D eigenvalue weighted by molar-refractivity contribution is 7.99. The zero-order valence-electron chi connectivity index (χ0n) is 16.5. The van der Waals surface area contributed by atoms with E-state index >= 15 is 0 Å². The van der Waals surface area contributed by atoms with Gasteiger partial charge in [-0.3, -0.25) is 9.59 Å². The van der Waals surface area contributed by atoms with Gasteiger partial charge in [-0.05, 0) is 43.2 Å². The van der Waals surface area contributed by atoms with Crippen molar-refractivity contribution in [2.75, 3.05) is 17.2 Å². The number of hydrogen-bond donors (Lipinski definition) is 0. The van der Waals surface area contributed by atoms with Crippen molar-refractivity contribution in [3.63, 3.8) is 0 Å². The van der Waals surface area contributed by atoms with Gasteiger partial charge in [0.1, 0.15) is 5.75 Å². The standard InChI is InChI=1S/C22H21N3O4S/c1-15-5-2-8-18(11-15)28-13-20-23-24-22(29-20)30-14-19(26)16-6-3-7-17(12-16)25-10-4-9-21(25)27/h2-3,5-8,11-12H,4,9-10,13-14H2,1H3. The molecular weight excluding hydrogens is 402 g/mol. The fourth-order valence-corrected chi connectivity index (χ4v) is 3.86. The van der Waals surface area contributed by atoms with Crippen LogP contribution in [-0.2, 0) is 11.4 Å². The minimum Gasteiger partial charge on any atom is -0.484 e. The Hall–Kier alpha value is -3.13. The lowest BCUT2D eigenvalue weighted by Gasteiger charge is -2.16. The van der Waals surface area contributed by atoms with E-state index in [1.165, 1.54) is 11.8 Å². The van der Waals surface area contributed by atoms with Crippen LogP contribution in [0.5, 0.6) is 5.75 Å². The summed E-state index contributed by atoms with van der Waals surface area (Å²) in [6, 6.07) is 14.9. The Morgan fingerprint density at radius 3 is 2.87 bits per heavy atom. The summed E-state index contributed by atoms with van der Waals surface area (Å²) >= 11 is 1.18. The average molecular weight is 423 g/mol. The number of amides is 1. The summed E-state index contributed by atoms with van der Waals surface area (Å²) < 4.78 is 11.2. The molecule has 0 unspecified atom stereocenters. The van der Waals surface area contributed by atoms with Crippen LogP contribution in [0.4, 0.5) is 5.69 Å². The van der Waals surface area contributed by atoms with Crippen molar-refractivity contribution in [3.05, 3.63) is 65.5 Å². The Kier molecular flexibility index (Phi) is 6.13. The van der Waals surface area contributed by atoms with Crippen molar-refractivity contribution in [2.45, 2.75) is 31.6 Å². The van der Waals surface area contributed by atoms with Crippen molar-refractivity contribution >= 4 is 29.1 Å². The predicted octanol–water partition coefficient (Wildman–Crippen LogP) is 4.06. The molecule has 7 nitrogen and oxygen atoms in total. The number of carbonyl (C=O) groups excluding carboxylic acids is 2. The lowest BCUT2D eigenvalue weighted by atomic mass is 10.1. The van der Waals surface area contributed by atoms with E-state index in [4.69, 9.17) is 9.15 Å². The van der Waals surface area contributed by atoms with Gasteiger partial charge in [-0.25, -0.2) is 0 Å². The molecule has 4 rings (SSSR count). The fourth-order valence-electron chi connectivity index (χ4n) is 3.18. The van der Waals surface area contributed by atoms with Crippen molar-refractivity contribution in [2.24, 2.45) is 0 Å². The Morgan fingerprint density at radius 2 is 2.07 bits per heavy atom. The van der Waals surface area contributed by atoms with Crippen molar-refractivity contribution in [1.29, 1.82) is 0 Å². The summed E-state index contributed by atoms with van der Waals surface area (Å²) in [4.78, 5) is 26.2. The highest BCUT2D eigenvalue weighted by Crippen LogP contribution is 2.24. The largest absolute Gasteiger partial charge is 0.484 e. The zero-order valence-corrected chi connectivity index (χ0v) is 17.4. The molecule has 0 radical (unpaired) electrons. The first-order valence-electron chi connectivity index (χ1n) is 9.67. The molecule has 30 heavy (non-hydrogen) atoms. The number of benzene rings is 2. The lowest BCUT2D eigenvalue weighted by Crippen LogP contribution is -2.23. The molecular formula is C22H21N3O4S. The number of carbonyl (C=O) groups is 2. The molecule has 2 aromatic carbocycles. The number of aryl methyl sites for hydroxylation is 1. The highest BCUT2D eigenvalue weighted by Gasteiger charge is 2.22. The monoisotopic (exact) mass is 423 g/mol. The molecule has 1 aliphatic heterocycles. The predicted molar refractivity (Wildman–Crippen MR) is 113 cm³/mol. The summed E-state index contributed by atoms with van der Waals surface area (Å²) in [7, 11) is 0. The minimum absolute atomic E-state index is 0.0655. The summed E-state index contributed by atoms with van der Waals surface area (Å²) in [5.74, 6) is 1.28. The minimum atomic E-state index is -0.0655. The van der Waals surface area contributed by atoms with Gasteiger partial charge in [0, 0.05) is 24.2 Å². The van der Waals surface area contributed by atoms with E-state index in [2.05, 4.69) is 10.2 Å². The van der Waals surface area contributed by atoms with E-state index in [-0.39, 0.29) is 24.1 Å². The molecule has 1 aliphatic rings. The molecule has 0 spiro atoms. The number of Topliss-reactive ketones (excluding diaryl/α,β-unsaturated/α-hetero) is 1. The first-order chi connectivity index (χ1) is 14.6. The van der Waals surface area contributed by atoms with Crippen LogP contribution in [0.1, 0.15) is 34.7 Å². The van der Waals surface area contributed by atoms with Crippen LogP contribution >= 0.6 is 11.8 Å². The summed E-state index contributed by atoms with van der Waals surface area (Å²) in [5, 5.41) is 8.24. The van der Waals surface area contributed by atoms with E-state index in [0.29, 0.717) is 29.6 Å². The van der Waals surface area contributed by atoms with Gasteiger partial charge in [-0.1, -0.05) is 36.0 Å². The number of anilines is 1. The highest BCUT2D eigenvalue weighted by atomic mass is 32.2. The van der Waals surface area contributed by atoms with Crippen LogP contribution in [0.2, 0.25) is 0 Å². The molecule has 1 aromatic heterocycles. The molecule has 8 heteroatoms. The van der Waals surface area contributed by atoms with Gasteiger partial charge in [0.2, 0.25) is 5.91 Å². The topological polar surface area (TPSA) is 85.5 Å². The third-order valence-electron chi connectivity index (χ3n) is 4.68. The first-order valence-corrected chi connectivity index (χ1v) is 10.7. The second-order valence-corrected chi connectivity index (χ2v) is 7.90. The number of ketones is 1. The number of aromatic nitrogens is 2. The molecule has 3 aromatic rings. The van der Waals surface area contributed by atoms with E-state index in [1.54, 1.807) is 23.1 Å². The van der Waals surface area contributed by atoms with Crippen molar-refractivity contribution < 1.29 is 18.7 Å². The second-order valence-electron chi connectivity index (χ2n) is 6.98. The molecule has 1 amide bonds. The maximum atomic E-state index is 12.6. The molecule has 0 aliphatic carbocycles. The molecule has 0 saturated carbocycles. The van der Waals surface area contributed by atoms with Crippen LogP contribution in [-0.4, -0.2) is 34.2 Å². The van der Waals surface area contributed by atoms with Gasteiger partial charge in [0.05, 0.1) is 5.75 Å². The van der Waals surface area contributed by atoms with Crippen LogP contribution in [0, 0.1) is 6.92 Å². The Bertz CT molecular complexity index is 1070. The lowest BCUT2D eigenvalue weighted by molar-refractivity contribution is -0.117. The maximum Gasteiger partial charge on any atom is 0.277 e. The van der Waals surface area contributed by atoms with Crippen LogP contribution in [0.3, 0.4) is 0 Å². The second kappa shape index (κ2) is 9.13. The summed E-state index contributed by atoms with van der Waals surface area (Å²) in [6.07, 6.45) is 1.40. The molecule has 2 heterocycles. The van der Waals surface area contributed by atoms with Crippen molar-refractivity contribution in [1.82, 2.24) is 10.2 Å². The third kappa shape index (κ3) is 4.88. The summed E-state index contributed by atoms with van der Waals surface area (Å²) in [6.45, 7) is 2.85. The zero-order chi connectivity index (χ0) is 20.9. The molecule has 1 fully saturated rings. The number of hydrogen-bond acceptors (Lipinski definition) is 7. The normalized spacial score (nSPS) is 13.6. The smallest absolute Gasteiger partial charge is 0.277 e. The van der Waals surface area contributed by atoms with Gasteiger partial charge >= 0.3 is 0 Å². The third-order valence-corrected chi connectivity index (χ3v) is 5.50. The van der Waals surface area contributed by atoms with Gasteiger partial charge in [-0.2, -0.15) is 0 Å². The van der Waals surface area contributed by atoms with E-state index < -0.39 is 0 Å². The Morgan fingerprint density at radius 1 is 1.20 bits per heavy atom. The SMILES string of the molecule is Cc1cccc(OCc2nnc(SCC(=O)c3cccc(N4CCCC4=O)c3)o2)c1. The molecule has 154 valence electrons. The van der Waals surface area contributed by atoms with E-state index in [0.717, 1.165) is 23.4 Å². The molecule has 0 N–H and O–H groups in total. The van der Waals surface area contributed by atoms with Gasteiger partial charge in [-0.15, -0.1) is 10.2 Å². The number of rotatable bonds is 8. The Balaban J connectivity index is 1.32. The average Bonchev–Trinajstić information content (AvgIpc) is 3.39. The van der Waals surface area contributed by atoms with Crippen LogP contribution in [0.25, 0.3) is 0 Å². The van der Waals surface area contributed by atoms with Gasteiger partial charge in [0.25, 0.3) is 11.1 Å². The van der Waals surface area contributed by atoms with Crippen molar-refractivity contribution in [3.8, 4) is 5.75 Å². The number of thioether (sulfide) groups is 1. The molecule has 1 saturated heterocycles. The Labute approximate surface area is 178 Å². The molecule has 0 atom stereocenters. The van der Waals surface area contributed by atoms with Crippen LogP contribution in [0.15, 0.2) is 58.2 Å². The van der Waals surface area contributed by atoms with Crippen LogP contribution < -0.4 is 9.64 Å². The number of ether oxygens (including phenoxy) is 1. The summed E-state index contributed by atoms with van der Waals surface area (Å²) in [5.41, 5.74) is 2.43. The van der Waals surface area contributed by atoms with E-state index in [9.17, 15) is 9.59 Å². The molecule has 0 bridgehead atoms. The maximum absolute atomic E-state index is 12.6. The quantitative estimate of drug-likeness (QED) is 0.399. The van der Waals surface area contributed by atoms with Gasteiger partial charge in [0.15, 0.2) is 12.4 Å². The fraction of sp³-hybridized carbons (Fsp3) is 0.273.